The average molecular weight is 583 g/mol. The molecule has 0 heterocycles. The molecule has 2 amide bonds. The fourth-order valence-corrected chi connectivity index (χ4v) is 4.92. The van der Waals surface area contributed by atoms with Gasteiger partial charge in [-0.25, -0.2) is 0 Å². The number of nitrogens with two attached hydrogens (primary N) is 2. The largest absolute Gasteiger partial charge is 0.507 e. The second kappa shape index (κ2) is 14.1. The molecule has 0 saturated heterocycles. The van der Waals surface area contributed by atoms with E-state index in [1.807, 2.05) is 27.7 Å². The summed E-state index contributed by atoms with van der Waals surface area (Å²) in [6.07, 6.45) is 1.09. The van der Waals surface area contributed by atoms with Crippen molar-refractivity contribution in [2.45, 2.75) is 52.6 Å². The van der Waals surface area contributed by atoms with Crippen LogP contribution >= 0.6 is 0 Å². The summed E-state index contributed by atoms with van der Waals surface area (Å²) in [7, 11) is 0. The number of ketones is 2. The van der Waals surface area contributed by atoms with Gasteiger partial charge in [0.05, 0.1) is 34.3 Å². The molecule has 0 aliphatic heterocycles. The van der Waals surface area contributed by atoms with Gasteiger partial charge in [-0.1, -0.05) is 27.7 Å². The smallest absolute Gasteiger partial charge is 0.236 e. The zero-order valence-corrected chi connectivity index (χ0v) is 24.5. The van der Waals surface area contributed by atoms with Crippen molar-refractivity contribution in [3.05, 3.63) is 46.5 Å². The second-order valence-electron chi connectivity index (χ2n) is 11.3. The Hall–Kier alpha value is -4.16. The zero-order valence-electron chi connectivity index (χ0n) is 24.5. The van der Waals surface area contributed by atoms with E-state index in [1.54, 1.807) is 12.1 Å². The minimum atomic E-state index is -0.643. The van der Waals surface area contributed by atoms with Crippen LogP contribution in [0.25, 0.3) is 0 Å². The molecule has 0 radical (unpaired) electrons. The van der Waals surface area contributed by atoms with E-state index in [2.05, 4.69) is 21.3 Å². The molecule has 0 bridgehead atoms. The van der Waals surface area contributed by atoms with Crippen LogP contribution in [0.2, 0.25) is 0 Å². The Kier molecular flexibility index (Phi) is 10.9. The van der Waals surface area contributed by atoms with E-state index < -0.39 is 35.1 Å². The molecule has 2 atom stereocenters. The lowest BCUT2D eigenvalue weighted by Crippen LogP contribution is -2.43. The van der Waals surface area contributed by atoms with Crippen LogP contribution in [0.15, 0.2) is 24.3 Å². The first-order valence-electron chi connectivity index (χ1n) is 14.2. The van der Waals surface area contributed by atoms with Gasteiger partial charge in [-0.2, -0.15) is 0 Å². The molecule has 42 heavy (non-hydrogen) atoms. The third kappa shape index (κ3) is 7.56. The van der Waals surface area contributed by atoms with Gasteiger partial charge in [0.2, 0.25) is 23.4 Å². The van der Waals surface area contributed by atoms with E-state index in [-0.39, 0.29) is 72.1 Å². The molecule has 12 heteroatoms. The first-order chi connectivity index (χ1) is 19.8. The summed E-state index contributed by atoms with van der Waals surface area (Å²) >= 11 is 0. The zero-order chi connectivity index (χ0) is 31.1. The number of hydrogen-bond acceptors (Lipinski definition) is 10. The predicted octanol–water partition coefficient (Wildman–Crippen LogP) is 1.68. The van der Waals surface area contributed by atoms with Gasteiger partial charge in [0.25, 0.3) is 0 Å². The lowest BCUT2D eigenvalue weighted by molar-refractivity contribution is -0.123. The number of carbonyl (C=O) groups is 4. The molecule has 0 unspecified atom stereocenters. The fourth-order valence-electron chi connectivity index (χ4n) is 4.92. The number of benzene rings is 2. The van der Waals surface area contributed by atoms with Gasteiger partial charge in [0.15, 0.2) is 0 Å². The van der Waals surface area contributed by atoms with Crippen molar-refractivity contribution >= 4 is 34.8 Å². The molecule has 12 nitrogen and oxygen atoms in total. The highest BCUT2D eigenvalue weighted by molar-refractivity contribution is 6.33. The Morgan fingerprint density at radius 1 is 0.643 bits per heavy atom. The van der Waals surface area contributed by atoms with Crippen LogP contribution < -0.4 is 32.7 Å². The highest BCUT2D eigenvalue weighted by Crippen LogP contribution is 2.42. The van der Waals surface area contributed by atoms with Gasteiger partial charge in [-0.3, -0.25) is 19.2 Å². The Morgan fingerprint density at radius 3 is 1.33 bits per heavy atom. The Morgan fingerprint density at radius 2 is 1.00 bits per heavy atom. The molecule has 1 aliphatic rings. The highest BCUT2D eigenvalue weighted by Gasteiger charge is 2.38. The molecule has 0 aromatic heterocycles. The van der Waals surface area contributed by atoms with Crippen LogP contribution in [0.1, 0.15) is 72.4 Å². The Bertz CT molecular complexity index is 1240. The molecule has 2 aromatic rings. The minimum absolute atomic E-state index is 0.0178. The van der Waals surface area contributed by atoms with Crippen LogP contribution in [0.4, 0.5) is 11.4 Å². The normalized spacial score (nSPS) is 13.8. The number of amides is 2. The van der Waals surface area contributed by atoms with Gasteiger partial charge < -0.3 is 42.9 Å². The van der Waals surface area contributed by atoms with Gasteiger partial charge in [-0.05, 0) is 48.9 Å². The van der Waals surface area contributed by atoms with Crippen LogP contribution in [0.5, 0.6) is 11.5 Å². The lowest BCUT2D eigenvalue weighted by Gasteiger charge is -2.25. The van der Waals surface area contributed by atoms with Crippen LogP contribution in [-0.2, 0) is 9.59 Å². The summed E-state index contributed by atoms with van der Waals surface area (Å²) in [5.41, 5.74) is 12.0. The molecule has 0 fully saturated rings. The minimum Gasteiger partial charge on any atom is -0.507 e. The van der Waals surface area contributed by atoms with Gasteiger partial charge in [-0.15, -0.1) is 0 Å². The molecule has 1 aliphatic carbocycles. The first-order valence-corrected chi connectivity index (χ1v) is 14.2. The van der Waals surface area contributed by atoms with Crippen molar-refractivity contribution in [2.75, 3.05) is 36.8 Å². The lowest BCUT2D eigenvalue weighted by atomic mass is 9.81. The Labute approximate surface area is 245 Å². The number of hydrogen-bond donors (Lipinski definition) is 8. The SMILES string of the molecule is CC(C)C[C@@H](N)C(=O)NCCNc1ccc(NCCNC(=O)[C@@H](N)CC(C)C)c2c1C(=O)c1c(O)ccc(O)c1C2=O. The third-order valence-corrected chi connectivity index (χ3v) is 6.88. The monoisotopic (exact) mass is 582 g/mol. The number of aromatic hydroxyl groups is 2. The van der Waals surface area contributed by atoms with E-state index in [0.717, 1.165) is 12.1 Å². The number of nitrogens with one attached hydrogen (secondary N) is 4. The van der Waals surface area contributed by atoms with E-state index in [0.29, 0.717) is 24.2 Å². The molecule has 228 valence electrons. The number of phenols is 2. The quantitative estimate of drug-likeness (QED) is 0.102. The van der Waals surface area contributed by atoms with Gasteiger partial charge >= 0.3 is 0 Å². The molecule has 0 spiro atoms. The topological polar surface area (TPSA) is 209 Å². The summed E-state index contributed by atoms with van der Waals surface area (Å²) in [6.45, 7) is 8.78. The summed E-state index contributed by atoms with van der Waals surface area (Å²) in [6, 6.07) is 4.27. The molecular weight excluding hydrogens is 540 g/mol. The molecule has 3 rings (SSSR count). The summed E-state index contributed by atoms with van der Waals surface area (Å²) in [5, 5.41) is 32.6. The number of carbonyl (C=O) groups excluding carboxylic acids is 4. The second-order valence-corrected chi connectivity index (χ2v) is 11.3. The van der Waals surface area contributed by atoms with Crippen LogP contribution in [0, 0.1) is 11.8 Å². The first kappa shape index (κ1) is 32.4. The van der Waals surface area contributed by atoms with Crippen molar-refractivity contribution in [1.29, 1.82) is 0 Å². The number of phenolic OH excluding ortho intramolecular Hbond substituents is 2. The maximum atomic E-state index is 13.7. The maximum Gasteiger partial charge on any atom is 0.236 e. The molecular formula is C30H42N6O6. The number of anilines is 2. The maximum absolute atomic E-state index is 13.7. The van der Waals surface area contributed by atoms with Crippen LogP contribution in [0.3, 0.4) is 0 Å². The fraction of sp³-hybridized carbons (Fsp3) is 0.467. The number of rotatable bonds is 14. The third-order valence-electron chi connectivity index (χ3n) is 6.88. The van der Waals surface area contributed by atoms with Gasteiger partial charge in [0, 0.05) is 37.6 Å². The van der Waals surface area contributed by atoms with E-state index in [4.69, 9.17) is 11.5 Å². The predicted molar refractivity (Wildman–Crippen MR) is 161 cm³/mol. The van der Waals surface area contributed by atoms with Gasteiger partial charge in [0.1, 0.15) is 11.5 Å². The van der Waals surface area contributed by atoms with Crippen LogP contribution in [-0.4, -0.2) is 71.9 Å². The molecule has 10 N–H and O–H groups in total. The average Bonchev–Trinajstić information content (AvgIpc) is 2.92. The van der Waals surface area contributed by atoms with Crippen molar-refractivity contribution in [3.63, 3.8) is 0 Å². The Balaban J connectivity index is 1.81. The van der Waals surface area contributed by atoms with Crippen molar-refractivity contribution in [2.24, 2.45) is 23.3 Å². The highest BCUT2D eigenvalue weighted by atomic mass is 16.3. The van der Waals surface area contributed by atoms with Crippen molar-refractivity contribution < 1.29 is 29.4 Å². The summed E-state index contributed by atoms with van der Waals surface area (Å²) in [4.78, 5) is 51.9. The number of fused-ring (bicyclic) bond motifs is 2. The van der Waals surface area contributed by atoms with Crippen molar-refractivity contribution in [3.8, 4) is 11.5 Å². The summed E-state index contributed by atoms with van der Waals surface area (Å²) < 4.78 is 0. The summed E-state index contributed by atoms with van der Waals surface area (Å²) in [5.74, 6) is -2.18. The van der Waals surface area contributed by atoms with E-state index in [9.17, 15) is 29.4 Å². The van der Waals surface area contributed by atoms with E-state index >= 15 is 0 Å². The van der Waals surface area contributed by atoms with Crippen molar-refractivity contribution in [1.82, 2.24) is 10.6 Å². The standard InChI is InChI=1S/C30H42N6O6/c1-15(2)13-17(31)29(41)35-11-9-33-19-5-6-20(34-10-12-36-30(42)18(32)14-16(3)4)24-23(19)27(39)25-21(37)7-8-22(38)26(25)28(24)40/h5-8,15-18,33-34,37-38H,9-14,31-32H2,1-4H3,(H,35,41)(H,36,42)/t17-,18+. The molecule has 2 aromatic carbocycles. The van der Waals surface area contributed by atoms with E-state index in [1.165, 1.54) is 0 Å². The molecule has 0 saturated carbocycles.